The second kappa shape index (κ2) is 5.70. The largest absolute Gasteiger partial charge is 0.497 e. The zero-order valence-corrected chi connectivity index (χ0v) is 9.72. The Hall–Kier alpha value is -0.960. The molecule has 14 heavy (non-hydrogen) atoms. The zero-order valence-electron chi connectivity index (χ0n) is 9.72. The molecule has 3 heteroatoms. The molecule has 0 aromatic carbocycles. The Labute approximate surface area is 86.4 Å². The summed E-state index contributed by atoms with van der Waals surface area (Å²) in [5, 5.41) is 0. The minimum atomic E-state index is -0.215. The molecule has 0 rings (SSSR count). The number of ether oxygens (including phenoxy) is 3. The van der Waals surface area contributed by atoms with Gasteiger partial charge in [-0.25, -0.2) is 0 Å². The molecular weight excluding hydrogens is 180 g/mol. The Bertz CT molecular complexity index is 211. The van der Waals surface area contributed by atoms with Gasteiger partial charge in [0.25, 0.3) is 0 Å². The zero-order chi connectivity index (χ0) is 11.2. The Balaban J connectivity index is 4.41. The Morgan fingerprint density at radius 2 is 1.86 bits per heavy atom. The Morgan fingerprint density at radius 1 is 1.29 bits per heavy atom. The molecule has 3 nitrogen and oxygen atoms in total. The van der Waals surface area contributed by atoms with Crippen LogP contribution in [0.1, 0.15) is 20.8 Å². The highest BCUT2D eigenvalue weighted by Gasteiger charge is 2.10. The van der Waals surface area contributed by atoms with Gasteiger partial charge in [0.1, 0.15) is 5.76 Å². The van der Waals surface area contributed by atoms with Crippen LogP contribution >= 0.6 is 0 Å². The summed E-state index contributed by atoms with van der Waals surface area (Å²) in [6, 6.07) is 0. The third-order valence-corrected chi connectivity index (χ3v) is 1.46. The molecule has 0 aliphatic rings. The SMILES string of the molecule is C=C(OC)C(=COC(C)(C)C)COC. The highest BCUT2D eigenvalue weighted by Crippen LogP contribution is 2.13. The van der Waals surface area contributed by atoms with Gasteiger partial charge in [0.2, 0.25) is 0 Å². The maximum Gasteiger partial charge on any atom is 0.120 e. The predicted molar refractivity (Wildman–Crippen MR) is 56.9 cm³/mol. The van der Waals surface area contributed by atoms with Crippen LogP contribution in [0.2, 0.25) is 0 Å². The first kappa shape index (κ1) is 13.0. The van der Waals surface area contributed by atoms with Crippen molar-refractivity contribution in [3.05, 3.63) is 24.2 Å². The van der Waals surface area contributed by atoms with E-state index in [9.17, 15) is 0 Å². The van der Waals surface area contributed by atoms with Gasteiger partial charge >= 0.3 is 0 Å². The molecule has 0 aromatic heterocycles. The van der Waals surface area contributed by atoms with Gasteiger partial charge in [-0.1, -0.05) is 6.58 Å². The average molecular weight is 200 g/mol. The molecule has 0 fully saturated rings. The van der Waals surface area contributed by atoms with E-state index in [1.54, 1.807) is 20.5 Å². The molecule has 0 unspecified atom stereocenters. The second-order valence-electron chi connectivity index (χ2n) is 3.93. The maximum atomic E-state index is 5.48. The van der Waals surface area contributed by atoms with E-state index in [4.69, 9.17) is 14.2 Å². The quantitative estimate of drug-likeness (QED) is 0.504. The van der Waals surface area contributed by atoms with Crippen molar-refractivity contribution in [2.75, 3.05) is 20.8 Å². The molecule has 0 saturated carbocycles. The van der Waals surface area contributed by atoms with E-state index in [1.165, 1.54) is 0 Å². The van der Waals surface area contributed by atoms with Gasteiger partial charge in [-0.3, -0.25) is 0 Å². The molecule has 0 heterocycles. The first-order valence-corrected chi connectivity index (χ1v) is 4.49. The van der Waals surface area contributed by atoms with E-state index in [0.29, 0.717) is 12.4 Å². The second-order valence-corrected chi connectivity index (χ2v) is 3.93. The smallest absolute Gasteiger partial charge is 0.120 e. The first-order valence-electron chi connectivity index (χ1n) is 4.49. The minimum Gasteiger partial charge on any atom is -0.497 e. The fraction of sp³-hybridized carbons (Fsp3) is 0.636. The first-order chi connectivity index (χ1) is 6.40. The van der Waals surface area contributed by atoms with Crippen molar-refractivity contribution in [3.8, 4) is 0 Å². The van der Waals surface area contributed by atoms with Crippen molar-refractivity contribution in [2.45, 2.75) is 26.4 Å². The van der Waals surface area contributed by atoms with Crippen LogP contribution in [0.5, 0.6) is 0 Å². The van der Waals surface area contributed by atoms with Crippen molar-refractivity contribution in [1.29, 1.82) is 0 Å². The van der Waals surface area contributed by atoms with Crippen LogP contribution in [0.4, 0.5) is 0 Å². The van der Waals surface area contributed by atoms with Crippen LogP contribution in [-0.2, 0) is 14.2 Å². The van der Waals surface area contributed by atoms with Gasteiger partial charge in [-0.15, -0.1) is 0 Å². The van der Waals surface area contributed by atoms with Gasteiger partial charge in [-0.2, -0.15) is 0 Å². The summed E-state index contributed by atoms with van der Waals surface area (Å²) in [5.41, 5.74) is 0.595. The van der Waals surface area contributed by atoms with Gasteiger partial charge < -0.3 is 14.2 Å². The lowest BCUT2D eigenvalue weighted by atomic mass is 10.2. The van der Waals surface area contributed by atoms with Crippen LogP contribution in [-0.4, -0.2) is 26.4 Å². The topological polar surface area (TPSA) is 27.7 Å². The van der Waals surface area contributed by atoms with E-state index in [1.807, 2.05) is 20.8 Å². The normalized spacial score (nSPS) is 12.5. The van der Waals surface area contributed by atoms with Crippen molar-refractivity contribution in [1.82, 2.24) is 0 Å². The summed E-state index contributed by atoms with van der Waals surface area (Å²) >= 11 is 0. The maximum absolute atomic E-state index is 5.48. The molecule has 0 aromatic rings. The number of rotatable bonds is 5. The van der Waals surface area contributed by atoms with Crippen LogP contribution in [0.3, 0.4) is 0 Å². The molecule has 0 amide bonds. The monoisotopic (exact) mass is 200 g/mol. The Kier molecular flexibility index (Phi) is 5.31. The molecule has 0 spiro atoms. The minimum absolute atomic E-state index is 0.215. The van der Waals surface area contributed by atoms with Gasteiger partial charge in [0.05, 0.1) is 31.2 Å². The molecule has 0 N–H and O–H groups in total. The van der Waals surface area contributed by atoms with E-state index < -0.39 is 0 Å². The summed E-state index contributed by atoms with van der Waals surface area (Å²) in [4.78, 5) is 0. The lowest BCUT2D eigenvalue weighted by Gasteiger charge is -2.19. The summed E-state index contributed by atoms with van der Waals surface area (Å²) in [7, 11) is 3.19. The summed E-state index contributed by atoms with van der Waals surface area (Å²) in [5.74, 6) is 0.566. The lowest BCUT2D eigenvalue weighted by Crippen LogP contribution is -2.16. The molecule has 82 valence electrons. The third kappa shape index (κ3) is 5.65. The third-order valence-electron chi connectivity index (χ3n) is 1.46. The van der Waals surface area contributed by atoms with E-state index in [2.05, 4.69) is 6.58 Å². The molecule has 0 aliphatic heterocycles. The van der Waals surface area contributed by atoms with Crippen molar-refractivity contribution < 1.29 is 14.2 Å². The molecule has 0 bridgehead atoms. The average Bonchev–Trinajstić information content (AvgIpc) is 2.09. The summed E-state index contributed by atoms with van der Waals surface area (Å²) in [6.45, 7) is 10.1. The van der Waals surface area contributed by atoms with Crippen molar-refractivity contribution in [2.24, 2.45) is 0 Å². The molecular formula is C11H20O3. The van der Waals surface area contributed by atoms with E-state index in [0.717, 1.165) is 5.57 Å². The Morgan fingerprint density at radius 3 is 2.21 bits per heavy atom. The fourth-order valence-corrected chi connectivity index (χ4v) is 0.715. The van der Waals surface area contributed by atoms with E-state index >= 15 is 0 Å². The summed E-state index contributed by atoms with van der Waals surface area (Å²) < 4.78 is 15.5. The van der Waals surface area contributed by atoms with Crippen LogP contribution in [0.25, 0.3) is 0 Å². The number of hydrogen-bond donors (Lipinski definition) is 0. The van der Waals surface area contributed by atoms with Crippen LogP contribution < -0.4 is 0 Å². The highest BCUT2D eigenvalue weighted by molar-refractivity contribution is 5.21. The van der Waals surface area contributed by atoms with Crippen molar-refractivity contribution >= 4 is 0 Å². The van der Waals surface area contributed by atoms with Crippen LogP contribution in [0, 0.1) is 0 Å². The van der Waals surface area contributed by atoms with Gasteiger partial charge in [0.15, 0.2) is 0 Å². The van der Waals surface area contributed by atoms with E-state index in [-0.39, 0.29) is 5.60 Å². The van der Waals surface area contributed by atoms with Crippen molar-refractivity contribution in [3.63, 3.8) is 0 Å². The predicted octanol–water partition coefficient (Wildman–Crippen LogP) is 2.49. The standard InChI is InChI=1S/C11H20O3/c1-9(13-6)10(7-12-5)8-14-11(2,3)4/h8H,1,7H2,2-6H3. The molecule has 0 aliphatic carbocycles. The van der Waals surface area contributed by atoms with Gasteiger partial charge in [-0.05, 0) is 20.8 Å². The number of hydrogen-bond acceptors (Lipinski definition) is 3. The number of methoxy groups -OCH3 is 2. The van der Waals surface area contributed by atoms with Crippen LogP contribution in [0.15, 0.2) is 24.2 Å². The lowest BCUT2D eigenvalue weighted by molar-refractivity contribution is 0.0720. The molecule has 0 radical (unpaired) electrons. The van der Waals surface area contributed by atoms with Gasteiger partial charge in [0, 0.05) is 7.11 Å². The summed E-state index contributed by atoms with van der Waals surface area (Å²) in [6.07, 6.45) is 1.63. The molecule has 0 atom stereocenters. The fourth-order valence-electron chi connectivity index (χ4n) is 0.715. The molecule has 0 saturated heterocycles. The highest BCUT2D eigenvalue weighted by atomic mass is 16.5.